The Morgan fingerprint density at radius 2 is 1.02 bits per heavy atom. The van der Waals surface area contributed by atoms with Crippen molar-refractivity contribution in [3.05, 3.63) is 179 Å². The minimum absolute atomic E-state index is 0.0813. The molecule has 2 aliphatic carbocycles. The van der Waals surface area contributed by atoms with E-state index in [0.29, 0.717) is 0 Å². The van der Waals surface area contributed by atoms with Gasteiger partial charge in [-0.25, -0.2) is 0 Å². The lowest BCUT2D eigenvalue weighted by Crippen LogP contribution is -2.31. The van der Waals surface area contributed by atoms with Gasteiger partial charge in [-0.15, -0.1) is 11.3 Å². The van der Waals surface area contributed by atoms with Gasteiger partial charge in [0.2, 0.25) is 0 Å². The van der Waals surface area contributed by atoms with E-state index in [1.54, 1.807) is 0 Å². The third-order valence-electron chi connectivity index (χ3n) is 12.8. The second kappa shape index (κ2) is 11.9. The van der Waals surface area contributed by atoms with E-state index in [9.17, 15) is 0 Å². The van der Waals surface area contributed by atoms with Crippen LogP contribution in [0.25, 0.3) is 109 Å². The molecular weight excluding hydrogens is 693 g/mol. The monoisotopic (exact) mass is 730 g/mol. The molecule has 2 aliphatic rings. The van der Waals surface area contributed by atoms with Gasteiger partial charge in [-0.3, -0.25) is 0 Å². The maximum atomic E-state index is 2.49. The average Bonchev–Trinajstić information content (AvgIpc) is 3.71. The molecule has 0 bridgehead atoms. The molecule has 0 aliphatic heterocycles. The maximum Gasteiger partial charge on any atom is 0.0361 e. The second-order valence-corrected chi connectivity index (χ2v) is 17.4. The fourth-order valence-corrected chi connectivity index (χ4v) is 11.2. The molecule has 10 aromatic rings. The van der Waals surface area contributed by atoms with E-state index in [4.69, 9.17) is 0 Å². The molecule has 0 saturated carbocycles. The number of hydrogen-bond acceptors (Lipinski definition) is 1. The summed E-state index contributed by atoms with van der Waals surface area (Å²) in [7, 11) is 0. The van der Waals surface area contributed by atoms with Crippen molar-refractivity contribution in [3.8, 4) is 44.5 Å². The summed E-state index contributed by atoms with van der Waals surface area (Å²) in [6, 6.07) is 59.8. The largest absolute Gasteiger partial charge is 0.135 e. The van der Waals surface area contributed by atoms with Gasteiger partial charge in [-0.2, -0.15) is 0 Å². The van der Waals surface area contributed by atoms with Gasteiger partial charge < -0.3 is 0 Å². The van der Waals surface area contributed by atoms with Crippen molar-refractivity contribution in [1.82, 2.24) is 0 Å². The standard InChI is InChI=1S/C55H38S/c1-55(2)49-25-24-36(28-46(49)47-29-40-32-52-48(30-39(40)31-50(47)55)41-16-9-10-21-51(41)56-52)35-14-11-15-37(27-35)53-42-17-5-7-19-44(42)54(45-20-8-6-18-43(45)53)38-23-22-33-12-3-4-13-34(33)26-38/h3-5,7,9-32H,6,8H2,1-2H3. The molecule has 0 amide bonds. The molecule has 0 atom stereocenters. The minimum Gasteiger partial charge on any atom is -0.135 e. The maximum absolute atomic E-state index is 2.49. The average molecular weight is 731 g/mol. The Hall–Kier alpha value is -6.28. The Bertz CT molecular complexity index is 3450. The summed E-state index contributed by atoms with van der Waals surface area (Å²) in [5, 5.41) is 13.3. The predicted octanol–water partition coefficient (Wildman–Crippen LogP) is 14.2. The fraction of sp³-hybridized carbons (Fsp3) is 0.0909. The molecule has 0 saturated heterocycles. The number of hydrogen-bond donors (Lipinski definition) is 0. The molecule has 56 heavy (non-hydrogen) atoms. The third kappa shape index (κ3) is 4.65. The van der Waals surface area contributed by atoms with E-state index in [2.05, 4.69) is 184 Å². The molecule has 0 spiro atoms. The van der Waals surface area contributed by atoms with Crippen molar-refractivity contribution in [1.29, 1.82) is 0 Å². The lowest BCUT2D eigenvalue weighted by atomic mass is 9.81. The molecule has 0 unspecified atom stereocenters. The smallest absolute Gasteiger partial charge is 0.0361 e. The van der Waals surface area contributed by atoms with E-state index in [0.717, 1.165) is 12.8 Å². The molecule has 1 heterocycles. The quantitative estimate of drug-likeness (QED) is 0.170. The second-order valence-electron chi connectivity index (χ2n) is 16.3. The number of rotatable bonds is 3. The van der Waals surface area contributed by atoms with Crippen LogP contribution in [0, 0.1) is 0 Å². The molecule has 0 fully saturated rings. The van der Waals surface area contributed by atoms with Crippen molar-refractivity contribution in [3.63, 3.8) is 0 Å². The zero-order chi connectivity index (χ0) is 37.1. The minimum atomic E-state index is -0.0813. The van der Waals surface area contributed by atoms with Crippen LogP contribution in [0.5, 0.6) is 0 Å². The summed E-state index contributed by atoms with van der Waals surface area (Å²) in [4.78, 5) is 0. The Kier molecular flexibility index (Phi) is 6.78. The molecule has 0 N–H and O–H groups in total. The Morgan fingerprint density at radius 1 is 0.393 bits per heavy atom. The highest BCUT2D eigenvalue weighted by molar-refractivity contribution is 7.25. The lowest BCUT2D eigenvalue weighted by Gasteiger charge is -2.22. The SMILES string of the molecule is CC1(C)c2ccc(-c3cccc(-c4c5c(c(-c6ccc7ccccc7c6)c6ccccc46)=CCCC=5)c3)cc2-c2cc3cc4sc5ccccc5c4cc3cc21. The Labute approximate surface area is 330 Å². The van der Waals surface area contributed by atoms with Crippen molar-refractivity contribution < 1.29 is 0 Å². The summed E-state index contributed by atoms with van der Waals surface area (Å²) >= 11 is 1.90. The van der Waals surface area contributed by atoms with Crippen LogP contribution in [0.4, 0.5) is 0 Å². The van der Waals surface area contributed by atoms with Crippen molar-refractivity contribution in [2.24, 2.45) is 0 Å². The molecule has 0 radical (unpaired) electrons. The van der Waals surface area contributed by atoms with Crippen LogP contribution in [0.3, 0.4) is 0 Å². The Balaban J connectivity index is 1.02. The number of benzene rings is 9. The van der Waals surface area contributed by atoms with Crippen molar-refractivity contribution in [2.45, 2.75) is 32.1 Å². The first-order chi connectivity index (χ1) is 27.5. The number of fused-ring (bicyclic) bond motifs is 10. The van der Waals surface area contributed by atoms with Crippen LogP contribution >= 0.6 is 11.3 Å². The molecule has 0 nitrogen and oxygen atoms in total. The molecular formula is C55H38S. The van der Waals surface area contributed by atoms with Crippen molar-refractivity contribution in [2.75, 3.05) is 0 Å². The van der Waals surface area contributed by atoms with Crippen molar-refractivity contribution >= 4 is 76.0 Å². The van der Waals surface area contributed by atoms with Crippen LogP contribution in [0.1, 0.15) is 37.8 Å². The van der Waals surface area contributed by atoms with Crippen LogP contribution in [-0.4, -0.2) is 0 Å². The van der Waals surface area contributed by atoms with Gasteiger partial charge >= 0.3 is 0 Å². The number of thiophene rings is 1. The van der Waals surface area contributed by atoms with E-state index < -0.39 is 0 Å². The molecule has 1 aromatic heterocycles. The topological polar surface area (TPSA) is 0 Å². The van der Waals surface area contributed by atoms with Crippen LogP contribution in [0.2, 0.25) is 0 Å². The lowest BCUT2D eigenvalue weighted by molar-refractivity contribution is 0.661. The third-order valence-corrected chi connectivity index (χ3v) is 13.9. The molecule has 264 valence electrons. The normalized spacial score (nSPS) is 14.2. The summed E-state index contributed by atoms with van der Waals surface area (Å²) in [6.45, 7) is 4.79. The van der Waals surface area contributed by atoms with Gasteiger partial charge in [0.15, 0.2) is 0 Å². The van der Waals surface area contributed by atoms with Gasteiger partial charge in [0.1, 0.15) is 0 Å². The Morgan fingerprint density at radius 3 is 1.82 bits per heavy atom. The van der Waals surface area contributed by atoms with E-state index in [1.165, 1.54) is 119 Å². The zero-order valence-electron chi connectivity index (χ0n) is 31.5. The van der Waals surface area contributed by atoms with Crippen LogP contribution in [0.15, 0.2) is 158 Å². The molecule has 1 heteroatoms. The highest BCUT2D eigenvalue weighted by Crippen LogP contribution is 2.51. The van der Waals surface area contributed by atoms with Gasteiger partial charge in [-0.05, 0) is 160 Å². The highest BCUT2D eigenvalue weighted by Gasteiger charge is 2.36. The first kappa shape index (κ1) is 32.0. The highest BCUT2D eigenvalue weighted by atomic mass is 32.1. The van der Waals surface area contributed by atoms with E-state index in [1.807, 2.05) is 11.3 Å². The summed E-state index contributed by atoms with van der Waals surface area (Å²) in [5.74, 6) is 0. The van der Waals surface area contributed by atoms with Gasteiger partial charge in [0.25, 0.3) is 0 Å². The van der Waals surface area contributed by atoms with Crippen LogP contribution < -0.4 is 10.4 Å². The predicted molar refractivity (Wildman–Crippen MR) is 243 cm³/mol. The van der Waals surface area contributed by atoms with E-state index >= 15 is 0 Å². The van der Waals surface area contributed by atoms with E-state index in [-0.39, 0.29) is 5.41 Å². The molecule has 9 aromatic carbocycles. The fourth-order valence-electron chi connectivity index (χ4n) is 10.1. The molecule has 12 rings (SSSR count). The van der Waals surface area contributed by atoms with Gasteiger partial charge in [0, 0.05) is 25.6 Å². The van der Waals surface area contributed by atoms with Crippen LogP contribution in [-0.2, 0) is 5.41 Å². The van der Waals surface area contributed by atoms with Gasteiger partial charge in [0.05, 0.1) is 0 Å². The zero-order valence-corrected chi connectivity index (χ0v) is 32.3. The first-order valence-corrected chi connectivity index (χ1v) is 20.7. The summed E-state index contributed by atoms with van der Waals surface area (Å²) < 4.78 is 2.71. The van der Waals surface area contributed by atoms with Gasteiger partial charge in [-0.1, -0.05) is 135 Å². The summed E-state index contributed by atoms with van der Waals surface area (Å²) in [6.07, 6.45) is 7.08. The first-order valence-electron chi connectivity index (χ1n) is 19.9. The summed E-state index contributed by atoms with van der Waals surface area (Å²) in [5.41, 5.74) is 13.2.